The van der Waals surface area contributed by atoms with Crippen LogP contribution in [-0.2, 0) is 16.1 Å². The number of aromatic nitrogens is 1. The van der Waals surface area contributed by atoms with E-state index in [4.69, 9.17) is 26.7 Å². The van der Waals surface area contributed by atoms with Gasteiger partial charge in [0.15, 0.2) is 0 Å². The summed E-state index contributed by atoms with van der Waals surface area (Å²) in [7, 11) is 0. The number of anilines is 1. The lowest BCUT2D eigenvalue weighted by molar-refractivity contribution is -0.140. The number of carbonyl (C=O) groups excluding carboxylic acids is 2. The normalized spacial score (nSPS) is 15.8. The van der Waals surface area contributed by atoms with E-state index in [0.29, 0.717) is 28.3 Å². The van der Waals surface area contributed by atoms with Crippen molar-refractivity contribution in [1.29, 1.82) is 0 Å². The van der Waals surface area contributed by atoms with Crippen LogP contribution in [0.1, 0.15) is 5.56 Å². The number of halogens is 1. The molecule has 32 heavy (non-hydrogen) atoms. The second-order valence-electron chi connectivity index (χ2n) is 6.87. The Balaban J connectivity index is 1.53. The molecule has 1 unspecified atom stereocenters. The van der Waals surface area contributed by atoms with Crippen molar-refractivity contribution in [3.8, 4) is 11.6 Å². The Hall–Kier alpha value is -3.89. The summed E-state index contributed by atoms with van der Waals surface area (Å²) >= 11 is 5.96. The molecule has 1 aromatic heterocycles. The van der Waals surface area contributed by atoms with E-state index < -0.39 is 17.7 Å². The predicted octanol–water partition coefficient (Wildman–Crippen LogP) is 2.54. The monoisotopic (exact) mass is 454 g/mol. The van der Waals surface area contributed by atoms with Gasteiger partial charge in [0.2, 0.25) is 17.8 Å². The van der Waals surface area contributed by atoms with Crippen LogP contribution in [0.2, 0.25) is 5.02 Å². The molecule has 2 amide bonds. The van der Waals surface area contributed by atoms with E-state index >= 15 is 0 Å². The fourth-order valence-corrected chi connectivity index (χ4v) is 3.20. The number of carbonyl (C=O) groups is 2. The van der Waals surface area contributed by atoms with Crippen molar-refractivity contribution in [3.05, 3.63) is 71.4 Å². The second kappa shape index (κ2) is 9.50. The summed E-state index contributed by atoms with van der Waals surface area (Å²) in [5.41, 5.74) is 3.52. The molecule has 164 valence electrons. The third-order valence-corrected chi connectivity index (χ3v) is 4.96. The van der Waals surface area contributed by atoms with Gasteiger partial charge in [-0.25, -0.2) is 5.84 Å². The van der Waals surface area contributed by atoms with Gasteiger partial charge in [0, 0.05) is 16.8 Å². The van der Waals surface area contributed by atoms with Gasteiger partial charge in [-0.15, -0.1) is 0 Å². The van der Waals surface area contributed by atoms with Crippen molar-refractivity contribution in [1.82, 2.24) is 15.5 Å². The summed E-state index contributed by atoms with van der Waals surface area (Å²) in [5, 5.41) is 7.41. The SMILES string of the molecule is NNC(=O)C1CN=C(Nc2ccc(Oc3ccon3)cc2)N(Cc2ccc(Cl)cc2)C1=O. The molecule has 0 fully saturated rings. The van der Waals surface area contributed by atoms with E-state index in [9.17, 15) is 9.59 Å². The topological polar surface area (TPSA) is 135 Å². The molecule has 0 aliphatic carbocycles. The highest BCUT2D eigenvalue weighted by Gasteiger charge is 2.36. The predicted molar refractivity (Wildman–Crippen MR) is 117 cm³/mol. The Bertz CT molecular complexity index is 1120. The number of nitrogens with zero attached hydrogens (tertiary/aromatic N) is 3. The fraction of sp³-hybridized carbons (Fsp3) is 0.143. The van der Waals surface area contributed by atoms with Gasteiger partial charge >= 0.3 is 0 Å². The number of rotatable bonds is 6. The molecule has 2 aromatic carbocycles. The summed E-state index contributed by atoms with van der Waals surface area (Å²) in [4.78, 5) is 30.9. The largest absolute Gasteiger partial charge is 0.436 e. The van der Waals surface area contributed by atoms with E-state index in [-0.39, 0.29) is 13.1 Å². The number of aliphatic imine (C=N–C) groups is 1. The number of nitrogens with two attached hydrogens (primary N) is 1. The van der Waals surface area contributed by atoms with Crippen molar-refractivity contribution in [2.75, 3.05) is 11.9 Å². The first kappa shape index (κ1) is 21.3. The number of hydrogen-bond acceptors (Lipinski definition) is 8. The first-order valence-electron chi connectivity index (χ1n) is 9.59. The lowest BCUT2D eigenvalue weighted by Crippen LogP contribution is -2.53. The zero-order valence-corrected chi connectivity index (χ0v) is 17.5. The Morgan fingerprint density at radius 2 is 1.94 bits per heavy atom. The van der Waals surface area contributed by atoms with Crippen LogP contribution in [0.3, 0.4) is 0 Å². The molecule has 0 saturated carbocycles. The van der Waals surface area contributed by atoms with Crippen LogP contribution < -0.4 is 21.3 Å². The highest BCUT2D eigenvalue weighted by atomic mass is 35.5. The van der Waals surface area contributed by atoms with Crippen molar-refractivity contribution >= 4 is 35.1 Å². The standard InChI is InChI=1S/C21H19ClN6O4/c22-14-3-1-13(2-4-14)12-28-20(30)17(19(29)26-23)11-24-21(28)25-15-5-7-16(8-6-15)32-18-9-10-31-27-18/h1-10,17H,11-12,23H2,(H,24,25)(H,26,29). The fourth-order valence-electron chi connectivity index (χ4n) is 3.07. The molecule has 0 saturated heterocycles. The third kappa shape index (κ3) is 4.88. The molecule has 1 aliphatic heterocycles. The number of guanidine groups is 1. The van der Waals surface area contributed by atoms with Crippen molar-refractivity contribution in [2.24, 2.45) is 16.8 Å². The molecular weight excluding hydrogens is 436 g/mol. The van der Waals surface area contributed by atoms with Crippen LogP contribution in [0.15, 0.2) is 70.4 Å². The van der Waals surface area contributed by atoms with Gasteiger partial charge in [-0.1, -0.05) is 23.7 Å². The van der Waals surface area contributed by atoms with Gasteiger partial charge in [-0.3, -0.25) is 24.9 Å². The van der Waals surface area contributed by atoms with Gasteiger partial charge < -0.3 is 14.6 Å². The maximum absolute atomic E-state index is 13.1. The average Bonchev–Trinajstić information content (AvgIpc) is 3.31. The van der Waals surface area contributed by atoms with Gasteiger partial charge in [0.05, 0.1) is 13.1 Å². The van der Waals surface area contributed by atoms with Gasteiger partial charge in [0.1, 0.15) is 17.9 Å². The molecule has 0 radical (unpaired) electrons. The van der Waals surface area contributed by atoms with Crippen molar-refractivity contribution in [2.45, 2.75) is 6.54 Å². The highest BCUT2D eigenvalue weighted by Crippen LogP contribution is 2.23. The number of benzene rings is 2. The zero-order chi connectivity index (χ0) is 22.5. The van der Waals surface area contributed by atoms with Crippen molar-refractivity contribution in [3.63, 3.8) is 0 Å². The summed E-state index contributed by atoms with van der Waals surface area (Å²) in [6, 6.07) is 15.7. The molecule has 0 spiro atoms. The number of amides is 2. The molecule has 0 bridgehead atoms. The van der Waals surface area contributed by atoms with E-state index in [1.807, 2.05) is 5.43 Å². The maximum Gasteiger partial charge on any atom is 0.259 e. The van der Waals surface area contributed by atoms with Crippen LogP contribution in [0.25, 0.3) is 0 Å². The smallest absolute Gasteiger partial charge is 0.259 e. The van der Waals surface area contributed by atoms with Gasteiger partial charge in [0.25, 0.3) is 5.88 Å². The van der Waals surface area contributed by atoms with Gasteiger partial charge in [-0.2, -0.15) is 0 Å². The second-order valence-corrected chi connectivity index (χ2v) is 7.30. The highest BCUT2D eigenvalue weighted by molar-refractivity contribution is 6.30. The van der Waals surface area contributed by atoms with E-state index in [1.54, 1.807) is 54.6 Å². The van der Waals surface area contributed by atoms with Gasteiger partial charge in [-0.05, 0) is 47.1 Å². The molecule has 10 nitrogen and oxygen atoms in total. The van der Waals surface area contributed by atoms with Crippen LogP contribution in [0, 0.1) is 5.92 Å². The lowest BCUT2D eigenvalue weighted by atomic mass is 10.1. The molecule has 3 aromatic rings. The molecule has 4 rings (SSSR count). The Morgan fingerprint density at radius 1 is 1.19 bits per heavy atom. The van der Waals surface area contributed by atoms with E-state index in [2.05, 4.69) is 15.5 Å². The molecular formula is C21H19ClN6O4. The Labute approximate surface area is 187 Å². The van der Waals surface area contributed by atoms with E-state index in [0.717, 1.165) is 5.56 Å². The number of hydrogen-bond donors (Lipinski definition) is 3. The lowest BCUT2D eigenvalue weighted by Gasteiger charge is -2.31. The third-order valence-electron chi connectivity index (χ3n) is 4.70. The van der Waals surface area contributed by atoms with E-state index in [1.165, 1.54) is 11.2 Å². The van der Waals surface area contributed by atoms with Crippen LogP contribution >= 0.6 is 11.6 Å². The summed E-state index contributed by atoms with van der Waals surface area (Å²) in [6.45, 7) is 0.179. The first-order chi connectivity index (χ1) is 15.5. The number of ether oxygens (including phenoxy) is 1. The Morgan fingerprint density at radius 3 is 2.59 bits per heavy atom. The quantitative estimate of drug-likeness (QED) is 0.225. The average molecular weight is 455 g/mol. The number of nitrogens with one attached hydrogen (secondary N) is 2. The van der Waals surface area contributed by atoms with Crippen molar-refractivity contribution < 1.29 is 18.8 Å². The minimum atomic E-state index is -1.00. The summed E-state index contributed by atoms with van der Waals surface area (Å²) in [6.07, 6.45) is 1.41. The minimum Gasteiger partial charge on any atom is -0.436 e. The van der Waals surface area contributed by atoms with Crippen LogP contribution in [0.4, 0.5) is 5.69 Å². The molecule has 11 heteroatoms. The molecule has 1 aliphatic rings. The minimum absolute atomic E-state index is 0.0192. The molecule has 1 atom stereocenters. The molecule has 2 heterocycles. The maximum atomic E-state index is 13.1. The number of hydrazine groups is 1. The first-order valence-corrected chi connectivity index (χ1v) is 9.97. The Kier molecular flexibility index (Phi) is 6.34. The summed E-state index contributed by atoms with van der Waals surface area (Å²) < 4.78 is 10.3. The summed E-state index contributed by atoms with van der Waals surface area (Å²) in [5.74, 6) is 4.44. The zero-order valence-electron chi connectivity index (χ0n) is 16.7. The molecule has 4 N–H and O–H groups in total. The van der Waals surface area contributed by atoms with Crippen LogP contribution in [0.5, 0.6) is 11.6 Å². The van der Waals surface area contributed by atoms with Crippen LogP contribution in [-0.4, -0.2) is 34.4 Å².